The van der Waals surface area contributed by atoms with E-state index in [-0.39, 0.29) is 38.0 Å². The molecule has 1 saturated heterocycles. The molecule has 1 aliphatic rings. The predicted molar refractivity (Wildman–Crippen MR) is 111 cm³/mol. The zero-order valence-corrected chi connectivity index (χ0v) is 19.1. The molecule has 2 N–H and O–H groups in total. The second-order valence-corrected chi connectivity index (χ2v) is 8.65. The van der Waals surface area contributed by atoms with E-state index < -0.39 is 35.7 Å². The van der Waals surface area contributed by atoms with Crippen LogP contribution in [-0.2, 0) is 14.3 Å². The van der Waals surface area contributed by atoms with Crippen LogP contribution in [0.2, 0.25) is 0 Å². The Morgan fingerprint density at radius 3 is 2.24 bits per heavy atom. The van der Waals surface area contributed by atoms with Gasteiger partial charge in [-0.2, -0.15) is 0 Å². The summed E-state index contributed by atoms with van der Waals surface area (Å²) in [5.41, 5.74) is -0.698. The molecule has 1 heterocycles. The van der Waals surface area contributed by atoms with Gasteiger partial charge >= 0.3 is 12.1 Å². The van der Waals surface area contributed by atoms with Gasteiger partial charge in [0, 0.05) is 33.2 Å². The minimum atomic E-state index is -1.10. The first-order valence-corrected chi connectivity index (χ1v) is 9.69. The number of piperazine rings is 1. The van der Waals surface area contributed by atoms with Crippen molar-refractivity contribution < 1.29 is 29.3 Å². The number of aliphatic carboxylic acids is 1. The molecule has 29 heavy (non-hydrogen) atoms. The third-order valence-corrected chi connectivity index (χ3v) is 4.58. The lowest BCUT2D eigenvalue weighted by Gasteiger charge is -2.42. The lowest BCUT2D eigenvalue weighted by atomic mass is 10.00. The summed E-state index contributed by atoms with van der Waals surface area (Å²) in [7, 11) is 1.51. The third kappa shape index (κ3) is 8.36. The maximum Gasteiger partial charge on any atom is 0.410 e. The van der Waals surface area contributed by atoms with Crippen LogP contribution in [0, 0.1) is 5.92 Å². The van der Waals surface area contributed by atoms with Crippen LogP contribution in [0.3, 0.4) is 0 Å². The standard InChI is InChI=1S/C19H35N3O6.ClH/c1-13(2)11-14(20(6)18(27)28-19(3,4)5)16(24)22-8-7-21(9-10-23)12-15(22)17(25)26;/h13-15,23H,7-12H2,1-6H3,(H,25,26);1H/t14-,15+;/m0./s1. The Balaban J connectivity index is 0.00000784. The topological polar surface area (TPSA) is 111 Å². The van der Waals surface area contributed by atoms with Gasteiger partial charge in [0.25, 0.3) is 0 Å². The Morgan fingerprint density at radius 1 is 1.21 bits per heavy atom. The molecule has 0 aromatic heterocycles. The van der Waals surface area contributed by atoms with Crippen LogP contribution in [0.25, 0.3) is 0 Å². The fraction of sp³-hybridized carbons (Fsp3) is 0.842. The van der Waals surface area contributed by atoms with E-state index in [2.05, 4.69) is 0 Å². The van der Waals surface area contributed by atoms with Crippen molar-refractivity contribution in [3.05, 3.63) is 0 Å². The zero-order valence-electron chi connectivity index (χ0n) is 18.3. The summed E-state index contributed by atoms with van der Waals surface area (Å²) in [5, 5.41) is 18.7. The van der Waals surface area contributed by atoms with Gasteiger partial charge in [-0.05, 0) is 33.1 Å². The molecule has 2 atom stereocenters. The van der Waals surface area contributed by atoms with E-state index in [9.17, 15) is 19.5 Å². The summed E-state index contributed by atoms with van der Waals surface area (Å²) < 4.78 is 5.39. The van der Waals surface area contributed by atoms with Crippen LogP contribution in [0.5, 0.6) is 0 Å². The van der Waals surface area contributed by atoms with Crippen LogP contribution in [0.1, 0.15) is 41.0 Å². The van der Waals surface area contributed by atoms with Crippen LogP contribution in [0.15, 0.2) is 0 Å². The van der Waals surface area contributed by atoms with Gasteiger partial charge in [0.1, 0.15) is 17.7 Å². The lowest BCUT2D eigenvalue weighted by molar-refractivity contribution is -0.156. The Bertz CT molecular complexity index is 567. The summed E-state index contributed by atoms with van der Waals surface area (Å²) in [6.45, 7) is 10.3. The summed E-state index contributed by atoms with van der Waals surface area (Å²) >= 11 is 0. The largest absolute Gasteiger partial charge is 0.480 e. The molecule has 0 bridgehead atoms. The number of aliphatic hydroxyl groups is 1. The molecule has 0 spiro atoms. The number of halogens is 1. The molecule has 1 aliphatic heterocycles. The molecule has 0 aromatic carbocycles. The van der Waals surface area contributed by atoms with Crippen molar-refractivity contribution in [2.45, 2.75) is 58.7 Å². The molecule has 170 valence electrons. The number of carbonyl (C=O) groups excluding carboxylic acids is 2. The monoisotopic (exact) mass is 437 g/mol. The third-order valence-electron chi connectivity index (χ3n) is 4.58. The molecule has 2 amide bonds. The zero-order chi connectivity index (χ0) is 21.6. The van der Waals surface area contributed by atoms with Crippen LogP contribution in [-0.4, -0.2) is 100 Å². The minimum Gasteiger partial charge on any atom is -0.480 e. The van der Waals surface area contributed by atoms with Crippen molar-refractivity contribution in [3.63, 3.8) is 0 Å². The van der Waals surface area contributed by atoms with Crippen molar-refractivity contribution in [1.82, 2.24) is 14.7 Å². The van der Waals surface area contributed by atoms with Crippen LogP contribution < -0.4 is 0 Å². The van der Waals surface area contributed by atoms with Crippen molar-refractivity contribution in [1.29, 1.82) is 0 Å². The van der Waals surface area contributed by atoms with Gasteiger partial charge in [0.05, 0.1) is 6.61 Å². The second-order valence-electron chi connectivity index (χ2n) is 8.65. The Morgan fingerprint density at radius 2 is 1.79 bits per heavy atom. The summed E-state index contributed by atoms with van der Waals surface area (Å²) in [6.07, 6.45) is -0.213. The highest BCUT2D eigenvalue weighted by Crippen LogP contribution is 2.20. The van der Waals surface area contributed by atoms with Crippen LogP contribution in [0.4, 0.5) is 4.79 Å². The molecule has 1 rings (SSSR count). The molecule has 0 aromatic rings. The number of ether oxygens (including phenoxy) is 1. The fourth-order valence-corrected chi connectivity index (χ4v) is 3.18. The number of rotatable bonds is 7. The van der Waals surface area contributed by atoms with E-state index in [1.807, 2.05) is 18.7 Å². The highest BCUT2D eigenvalue weighted by Gasteiger charge is 2.40. The average molecular weight is 438 g/mol. The smallest absolute Gasteiger partial charge is 0.410 e. The molecule has 0 aliphatic carbocycles. The SMILES string of the molecule is CC(C)C[C@@H](C(=O)N1CCN(CCO)C[C@@H]1C(=O)O)N(C)C(=O)OC(C)(C)C.Cl. The number of nitrogens with zero attached hydrogens (tertiary/aromatic N) is 3. The quantitative estimate of drug-likeness (QED) is 0.617. The highest BCUT2D eigenvalue weighted by atomic mass is 35.5. The Kier molecular flexibility index (Phi) is 10.9. The Hall–Kier alpha value is -1.58. The van der Waals surface area contributed by atoms with Crippen molar-refractivity contribution in [3.8, 4) is 0 Å². The highest BCUT2D eigenvalue weighted by molar-refractivity contribution is 5.89. The minimum absolute atomic E-state index is 0. The molecular weight excluding hydrogens is 402 g/mol. The number of hydrogen-bond donors (Lipinski definition) is 2. The first-order chi connectivity index (χ1) is 12.9. The number of hydrogen-bond acceptors (Lipinski definition) is 6. The first-order valence-electron chi connectivity index (χ1n) is 9.69. The number of carboxylic acids is 1. The van der Waals surface area contributed by atoms with E-state index in [1.54, 1.807) is 20.8 Å². The van der Waals surface area contributed by atoms with Gasteiger partial charge in [-0.1, -0.05) is 13.8 Å². The van der Waals surface area contributed by atoms with Crippen molar-refractivity contribution in [2.24, 2.45) is 5.92 Å². The molecule has 1 fully saturated rings. The number of carboxylic acid groups (broad SMARTS) is 1. The number of amides is 2. The summed E-state index contributed by atoms with van der Waals surface area (Å²) in [5.74, 6) is -1.37. The summed E-state index contributed by atoms with van der Waals surface area (Å²) in [4.78, 5) is 42.0. The lowest BCUT2D eigenvalue weighted by Crippen LogP contribution is -2.62. The molecule has 9 nitrogen and oxygen atoms in total. The first kappa shape index (κ1) is 27.4. The second kappa shape index (κ2) is 11.6. The average Bonchev–Trinajstić information content (AvgIpc) is 2.57. The number of aliphatic hydroxyl groups excluding tert-OH is 1. The number of β-amino-alcohol motifs (C(OH)–C–C–N with tert-alkyl or cyclic N) is 1. The predicted octanol–water partition coefficient (Wildman–Crippen LogP) is 1.28. The van der Waals surface area contributed by atoms with Crippen LogP contribution >= 0.6 is 12.4 Å². The van der Waals surface area contributed by atoms with Crippen molar-refractivity contribution >= 4 is 30.4 Å². The van der Waals surface area contributed by atoms with Crippen molar-refractivity contribution in [2.75, 3.05) is 39.8 Å². The van der Waals surface area contributed by atoms with Gasteiger partial charge < -0.3 is 19.8 Å². The molecule has 0 saturated carbocycles. The molecule has 10 heteroatoms. The maximum absolute atomic E-state index is 13.3. The molecule has 0 radical (unpaired) electrons. The van der Waals surface area contributed by atoms with E-state index >= 15 is 0 Å². The normalized spacial score (nSPS) is 18.8. The number of likely N-dealkylation sites (N-methyl/N-ethyl adjacent to an activating group) is 1. The van der Waals surface area contributed by atoms with Gasteiger partial charge in [-0.15, -0.1) is 12.4 Å². The van der Waals surface area contributed by atoms with Gasteiger partial charge in [-0.25, -0.2) is 9.59 Å². The summed E-state index contributed by atoms with van der Waals surface area (Å²) in [6, 6.07) is -1.82. The van der Waals surface area contributed by atoms with E-state index in [1.165, 1.54) is 16.8 Å². The molecule has 0 unspecified atom stereocenters. The fourth-order valence-electron chi connectivity index (χ4n) is 3.18. The number of carbonyl (C=O) groups is 3. The van der Waals surface area contributed by atoms with Gasteiger partial charge in [0.15, 0.2) is 0 Å². The Labute approximate surface area is 179 Å². The van der Waals surface area contributed by atoms with Gasteiger partial charge in [-0.3, -0.25) is 14.6 Å². The van der Waals surface area contributed by atoms with E-state index in [0.29, 0.717) is 19.5 Å². The van der Waals surface area contributed by atoms with E-state index in [0.717, 1.165) is 0 Å². The maximum atomic E-state index is 13.3. The molecular formula is C19H36ClN3O6. The van der Waals surface area contributed by atoms with E-state index in [4.69, 9.17) is 9.84 Å². The van der Waals surface area contributed by atoms with Gasteiger partial charge in [0.2, 0.25) is 5.91 Å².